The van der Waals surface area contributed by atoms with Crippen molar-refractivity contribution in [2.45, 2.75) is 25.9 Å². The highest BCUT2D eigenvalue weighted by Crippen LogP contribution is 2.34. The van der Waals surface area contributed by atoms with Gasteiger partial charge in [-0.25, -0.2) is 4.79 Å². The molecule has 2 aromatic rings. The summed E-state index contributed by atoms with van der Waals surface area (Å²) in [4.78, 5) is 11.9. The highest BCUT2D eigenvalue weighted by atomic mass is 19.4. The molecular formula is C17H17F3N2O. The van der Waals surface area contributed by atoms with E-state index in [2.05, 4.69) is 10.6 Å². The van der Waals surface area contributed by atoms with E-state index in [0.717, 1.165) is 11.6 Å². The van der Waals surface area contributed by atoms with E-state index < -0.39 is 17.8 Å². The number of nitrogens with one attached hydrogen (secondary N) is 2. The molecule has 0 aliphatic heterocycles. The number of hydrogen-bond acceptors (Lipinski definition) is 1. The zero-order valence-corrected chi connectivity index (χ0v) is 12.7. The largest absolute Gasteiger partial charge is 0.418 e. The van der Waals surface area contributed by atoms with Crippen LogP contribution in [-0.2, 0) is 6.18 Å². The van der Waals surface area contributed by atoms with E-state index in [1.807, 2.05) is 26.0 Å². The molecule has 0 atom stereocenters. The lowest BCUT2D eigenvalue weighted by Crippen LogP contribution is -2.21. The lowest BCUT2D eigenvalue weighted by atomic mass is 10.0. The Hall–Kier alpha value is -2.50. The molecule has 2 rings (SSSR count). The number of amides is 2. The first-order chi connectivity index (χ1) is 10.8. The molecule has 0 spiro atoms. The van der Waals surface area contributed by atoms with Gasteiger partial charge in [0.05, 0.1) is 11.3 Å². The van der Waals surface area contributed by atoms with Gasteiger partial charge in [-0.1, -0.05) is 38.1 Å². The van der Waals surface area contributed by atoms with Gasteiger partial charge in [0.1, 0.15) is 0 Å². The Balaban J connectivity index is 2.08. The first-order valence-electron chi connectivity index (χ1n) is 7.11. The number of carbonyl (C=O) groups is 1. The number of benzene rings is 2. The number of carbonyl (C=O) groups excluding carboxylic acids is 1. The van der Waals surface area contributed by atoms with Gasteiger partial charge < -0.3 is 10.6 Å². The summed E-state index contributed by atoms with van der Waals surface area (Å²) in [6, 6.07) is 11.3. The third-order valence-corrected chi connectivity index (χ3v) is 3.32. The number of urea groups is 1. The fourth-order valence-electron chi connectivity index (χ4n) is 2.08. The predicted octanol–water partition coefficient (Wildman–Crippen LogP) is 5.47. The molecule has 23 heavy (non-hydrogen) atoms. The van der Waals surface area contributed by atoms with Gasteiger partial charge in [-0.2, -0.15) is 13.2 Å². The predicted molar refractivity (Wildman–Crippen MR) is 84.6 cm³/mol. The maximum atomic E-state index is 12.9. The summed E-state index contributed by atoms with van der Waals surface area (Å²) in [6.45, 7) is 4.09. The average molecular weight is 322 g/mol. The van der Waals surface area contributed by atoms with E-state index in [4.69, 9.17) is 0 Å². The van der Waals surface area contributed by atoms with Crippen molar-refractivity contribution in [3.8, 4) is 0 Å². The van der Waals surface area contributed by atoms with Crippen LogP contribution in [0.5, 0.6) is 0 Å². The minimum atomic E-state index is -4.53. The van der Waals surface area contributed by atoms with Crippen molar-refractivity contribution in [1.29, 1.82) is 0 Å². The Labute approximate surface area is 132 Å². The molecule has 0 unspecified atom stereocenters. The second kappa shape index (κ2) is 6.73. The van der Waals surface area contributed by atoms with Crippen molar-refractivity contribution in [3.05, 3.63) is 59.7 Å². The Bertz CT molecular complexity index is 679. The molecule has 0 bridgehead atoms. The number of rotatable bonds is 3. The number of alkyl halides is 3. The lowest BCUT2D eigenvalue weighted by Gasteiger charge is -2.14. The van der Waals surface area contributed by atoms with Gasteiger partial charge in [0.15, 0.2) is 0 Å². The van der Waals surface area contributed by atoms with Crippen LogP contribution in [0.3, 0.4) is 0 Å². The van der Waals surface area contributed by atoms with Gasteiger partial charge in [0.2, 0.25) is 0 Å². The van der Waals surface area contributed by atoms with Gasteiger partial charge >= 0.3 is 12.2 Å². The van der Waals surface area contributed by atoms with Crippen molar-refractivity contribution >= 4 is 17.4 Å². The van der Waals surface area contributed by atoms with E-state index in [-0.39, 0.29) is 5.69 Å². The summed E-state index contributed by atoms with van der Waals surface area (Å²) < 4.78 is 38.6. The maximum Gasteiger partial charge on any atom is 0.418 e. The molecule has 3 nitrogen and oxygen atoms in total. The normalized spacial score (nSPS) is 11.4. The van der Waals surface area contributed by atoms with Crippen LogP contribution >= 0.6 is 0 Å². The van der Waals surface area contributed by atoms with Gasteiger partial charge in [0.25, 0.3) is 0 Å². The Morgan fingerprint density at radius 1 is 0.957 bits per heavy atom. The molecule has 6 heteroatoms. The highest BCUT2D eigenvalue weighted by molar-refractivity contribution is 6.00. The fourth-order valence-corrected chi connectivity index (χ4v) is 2.08. The SMILES string of the molecule is CC(C)c1ccc(NC(=O)Nc2ccccc2C(F)(F)F)cc1. The van der Waals surface area contributed by atoms with Crippen LogP contribution in [0.1, 0.15) is 30.9 Å². The molecule has 0 aliphatic rings. The van der Waals surface area contributed by atoms with E-state index in [1.54, 1.807) is 12.1 Å². The number of halogens is 3. The lowest BCUT2D eigenvalue weighted by molar-refractivity contribution is -0.136. The van der Waals surface area contributed by atoms with Crippen molar-refractivity contribution in [2.75, 3.05) is 10.6 Å². The number of para-hydroxylation sites is 1. The zero-order chi connectivity index (χ0) is 17.0. The zero-order valence-electron chi connectivity index (χ0n) is 12.7. The van der Waals surface area contributed by atoms with Crippen molar-refractivity contribution < 1.29 is 18.0 Å². The Morgan fingerprint density at radius 3 is 2.13 bits per heavy atom. The number of hydrogen-bond donors (Lipinski definition) is 2. The van der Waals surface area contributed by atoms with Crippen molar-refractivity contribution in [2.24, 2.45) is 0 Å². The van der Waals surface area contributed by atoms with Crippen molar-refractivity contribution in [1.82, 2.24) is 0 Å². The fraction of sp³-hybridized carbons (Fsp3) is 0.235. The summed E-state index contributed by atoms with van der Waals surface area (Å²) in [5, 5.41) is 4.75. The quantitative estimate of drug-likeness (QED) is 0.772. The van der Waals surface area contributed by atoms with Crippen molar-refractivity contribution in [3.63, 3.8) is 0 Å². The molecule has 0 saturated carbocycles. The molecule has 2 N–H and O–H groups in total. The number of anilines is 2. The first-order valence-corrected chi connectivity index (χ1v) is 7.11. The molecule has 2 aromatic carbocycles. The third kappa shape index (κ3) is 4.48. The Morgan fingerprint density at radius 2 is 1.57 bits per heavy atom. The molecule has 0 saturated heterocycles. The summed E-state index contributed by atoms with van der Waals surface area (Å²) in [7, 11) is 0. The van der Waals surface area contributed by atoms with Crippen LogP contribution < -0.4 is 10.6 Å². The van der Waals surface area contributed by atoms with Gasteiger partial charge in [-0.15, -0.1) is 0 Å². The summed E-state index contributed by atoms with van der Waals surface area (Å²) in [6.07, 6.45) is -4.53. The van der Waals surface area contributed by atoms with Crippen LogP contribution in [0.4, 0.5) is 29.3 Å². The summed E-state index contributed by atoms with van der Waals surface area (Å²) in [5.74, 6) is 0.358. The van der Waals surface area contributed by atoms with Crippen LogP contribution in [0.15, 0.2) is 48.5 Å². The molecule has 122 valence electrons. The molecule has 0 heterocycles. The molecular weight excluding hydrogens is 305 g/mol. The van der Waals surface area contributed by atoms with E-state index >= 15 is 0 Å². The minimum absolute atomic E-state index is 0.281. The standard InChI is InChI=1S/C17H17F3N2O/c1-11(2)12-7-9-13(10-8-12)21-16(23)22-15-6-4-3-5-14(15)17(18,19)20/h3-11H,1-2H3,(H2,21,22,23). The second-order valence-corrected chi connectivity index (χ2v) is 5.40. The van der Waals surface area contributed by atoms with E-state index in [1.165, 1.54) is 18.2 Å². The summed E-state index contributed by atoms with van der Waals surface area (Å²) >= 11 is 0. The van der Waals surface area contributed by atoms with E-state index in [9.17, 15) is 18.0 Å². The Kier molecular flexibility index (Phi) is 4.93. The van der Waals surface area contributed by atoms with Gasteiger partial charge in [0, 0.05) is 5.69 Å². The molecule has 0 radical (unpaired) electrons. The second-order valence-electron chi connectivity index (χ2n) is 5.40. The first kappa shape index (κ1) is 16.9. The highest BCUT2D eigenvalue weighted by Gasteiger charge is 2.33. The monoisotopic (exact) mass is 322 g/mol. The van der Waals surface area contributed by atoms with Crippen LogP contribution in [0.25, 0.3) is 0 Å². The van der Waals surface area contributed by atoms with E-state index in [0.29, 0.717) is 11.6 Å². The molecule has 0 fully saturated rings. The van der Waals surface area contributed by atoms with Gasteiger partial charge in [-0.3, -0.25) is 0 Å². The van der Waals surface area contributed by atoms with Crippen LogP contribution in [0.2, 0.25) is 0 Å². The van der Waals surface area contributed by atoms with Crippen LogP contribution in [0, 0.1) is 0 Å². The topological polar surface area (TPSA) is 41.1 Å². The minimum Gasteiger partial charge on any atom is -0.308 e. The average Bonchev–Trinajstić information content (AvgIpc) is 2.47. The summed E-state index contributed by atoms with van der Waals surface area (Å²) in [5.41, 5.74) is 0.455. The van der Waals surface area contributed by atoms with Crippen LogP contribution in [-0.4, -0.2) is 6.03 Å². The maximum absolute atomic E-state index is 12.9. The third-order valence-electron chi connectivity index (χ3n) is 3.32. The molecule has 0 aliphatic carbocycles. The van der Waals surface area contributed by atoms with Gasteiger partial charge in [-0.05, 0) is 35.7 Å². The smallest absolute Gasteiger partial charge is 0.308 e. The molecule has 0 aromatic heterocycles. The molecule has 2 amide bonds.